The maximum Gasteiger partial charge on any atom is 0.161 e. The highest BCUT2D eigenvalue weighted by atomic mass is 16.6. The van der Waals surface area contributed by atoms with Crippen LogP contribution in [0.2, 0.25) is 0 Å². The molecule has 3 aliphatic heterocycles. The van der Waals surface area contributed by atoms with Gasteiger partial charge in [-0.1, -0.05) is 68.2 Å². The van der Waals surface area contributed by atoms with Gasteiger partial charge in [0.2, 0.25) is 0 Å². The van der Waals surface area contributed by atoms with Crippen LogP contribution >= 0.6 is 0 Å². The van der Waals surface area contributed by atoms with E-state index in [1.807, 2.05) is 62.6 Å². The molecule has 0 radical (unpaired) electrons. The third kappa shape index (κ3) is 9.97. The monoisotopic (exact) mass is 961 g/mol. The number of nitrogens with one attached hydrogen (secondary N) is 4. The molecule has 71 heavy (non-hydrogen) atoms. The summed E-state index contributed by atoms with van der Waals surface area (Å²) in [5.41, 5.74) is 8.82. The number of H-pyrrole nitrogens is 1. The lowest BCUT2D eigenvalue weighted by atomic mass is 9.69. The minimum absolute atomic E-state index is 0.0275. The largest absolute Gasteiger partial charge is 0.508 e. The van der Waals surface area contributed by atoms with Crippen LogP contribution < -0.4 is 30.2 Å². The van der Waals surface area contributed by atoms with Crippen LogP contribution in [0, 0.1) is 17.8 Å². The molecule has 6 atom stereocenters. The van der Waals surface area contributed by atoms with Gasteiger partial charge >= 0.3 is 0 Å². The molecule has 1 aliphatic carbocycles. The van der Waals surface area contributed by atoms with Crippen LogP contribution in [-0.2, 0) is 43.3 Å². The van der Waals surface area contributed by atoms with Gasteiger partial charge in [-0.3, -0.25) is 10.6 Å². The molecular weight excluding hydrogens is 893 g/mol. The van der Waals surface area contributed by atoms with E-state index in [2.05, 4.69) is 83.0 Å². The first-order valence-electron chi connectivity index (χ1n) is 25.4. The Kier molecular flexibility index (Phi) is 14.1. The number of hydrogen-bond acceptors (Lipinski definition) is 11. The zero-order chi connectivity index (χ0) is 49.3. The second-order valence-corrected chi connectivity index (χ2v) is 20.7. The number of hydrogen-bond donors (Lipinski definition) is 8. The van der Waals surface area contributed by atoms with Crippen molar-refractivity contribution in [2.75, 3.05) is 40.2 Å². The Hall–Kier alpha value is -6.04. The van der Waals surface area contributed by atoms with Gasteiger partial charge in [0.1, 0.15) is 35.0 Å². The number of fused-ring (bicyclic) bond motifs is 13. The topological polar surface area (TPSA) is 170 Å². The number of benzene rings is 5. The average molecular weight is 961 g/mol. The van der Waals surface area contributed by atoms with Crippen molar-refractivity contribution in [3.63, 3.8) is 0 Å². The van der Waals surface area contributed by atoms with E-state index in [0.717, 1.165) is 73.1 Å². The minimum atomic E-state index is -1.20. The van der Waals surface area contributed by atoms with Crippen LogP contribution in [0.15, 0.2) is 91.1 Å². The molecule has 0 spiro atoms. The van der Waals surface area contributed by atoms with Crippen LogP contribution in [-0.4, -0.2) is 89.0 Å². The van der Waals surface area contributed by atoms with E-state index in [9.17, 15) is 20.4 Å². The number of aromatic hydroxyl groups is 2. The van der Waals surface area contributed by atoms with Gasteiger partial charge in [-0.2, -0.15) is 0 Å². The van der Waals surface area contributed by atoms with E-state index in [-0.39, 0.29) is 37.4 Å². The van der Waals surface area contributed by atoms with Gasteiger partial charge < -0.3 is 49.7 Å². The molecule has 0 saturated carbocycles. The van der Waals surface area contributed by atoms with Gasteiger partial charge in [-0.15, -0.1) is 0 Å². The normalized spacial score (nSPS) is 21.9. The number of aliphatic hydroxyl groups is 2. The van der Waals surface area contributed by atoms with Crippen LogP contribution in [0.4, 0.5) is 0 Å². The Morgan fingerprint density at radius 3 is 2.62 bits per heavy atom. The van der Waals surface area contributed by atoms with Crippen molar-refractivity contribution in [3.05, 3.63) is 136 Å². The standard InChI is InChI=1S/C59H68N4O8/c1-36(2)30-58(3,67)33-61-34-63-52-12-8-9-23-68-51-28-42(26-40(54(51)66)15-13-37-10-6-5-7-11-37)57-59(52,69-35-60-4)31-49-48-27-41(25-38-14-20-50-39(24-38)21-22-62-50)47-29-43(65)16-18-45(47)53(48)56-46(55(49)71-57)19-17-44(32-64)70-56/h5-7,10-11,14,16,18,20-22,24,26,28-29,36,41,44,52,57,60-67H,9,13,15,17,19,23,25,27,30-35H2,1-4H3/t41-,44+,52-,57+,58-,59-/m0/s1. The Morgan fingerprint density at radius 2 is 1.80 bits per heavy atom. The summed E-state index contributed by atoms with van der Waals surface area (Å²) in [7, 11) is 1.87. The molecule has 5 aromatic carbocycles. The summed E-state index contributed by atoms with van der Waals surface area (Å²) in [5, 5.41) is 56.7. The molecule has 0 fully saturated rings. The highest BCUT2D eigenvalue weighted by Crippen LogP contribution is 2.58. The Bertz CT molecular complexity index is 2940. The number of rotatable bonds is 16. The average Bonchev–Trinajstić information content (AvgIpc) is 3.83. The molecule has 6 aromatic rings. The molecule has 12 heteroatoms. The van der Waals surface area contributed by atoms with E-state index in [1.165, 1.54) is 5.56 Å². The fraction of sp³-hybridized carbons (Fsp3) is 0.424. The second kappa shape index (κ2) is 20.6. The second-order valence-electron chi connectivity index (χ2n) is 20.7. The Labute approximate surface area is 417 Å². The van der Waals surface area contributed by atoms with Crippen LogP contribution in [0.3, 0.4) is 0 Å². The van der Waals surface area contributed by atoms with E-state index in [1.54, 1.807) is 6.07 Å². The number of phenols is 2. The van der Waals surface area contributed by atoms with Crippen molar-refractivity contribution in [2.45, 2.75) is 114 Å². The maximum absolute atomic E-state index is 11.9. The summed E-state index contributed by atoms with van der Waals surface area (Å²) < 4.78 is 28.4. The van der Waals surface area contributed by atoms with Crippen molar-refractivity contribution in [3.8, 4) is 51.7 Å². The molecule has 2 bridgehead atoms. The van der Waals surface area contributed by atoms with Gasteiger partial charge in [0.15, 0.2) is 17.6 Å². The number of aliphatic hydroxyl groups excluding tert-OH is 1. The quantitative estimate of drug-likeness (QED) is 0.0267. The number of aromatic nitrogens is 1. The zero-order valence-electron chi connectivity index (χ0n) is 41.4. The van der Waals surface area contributed by atoms with E-state index < -0.39 is 29.5 Å². The molecule has 1 aromatic heterocycles. The number of aryl methyl sites for hydroxylation is 2. The predicted octanol–water partition coefficient (Wildman–Crippen LogP) is 8.30. The first-order valence-corrected chi connectivity index (χ1v) is 25.4. The summed E-state index contributed by atoms with van der Waals surface area (Å²) in [6.07, 6.45) is 5.99. The van der Waals surface area contributed by atoms with Gasteiger partial charge in [-0.25, -0.2) is 0 Å². The lowest BCUT2D eigenvalue weighted by Crippen LogP contribution is -2.62. The van der Waals surface area contributed by atoms with E-state index >= 15 is 0 Å². The van der Waals surface area contributed by atoms with Gasteiger partial charge in [0.05, 0.1) is 25.5 Å². The van der Waals surface area contributed by atoms with Crippen molar-refractivity contribution in [1.82, 2.24) is 20.9 Å². The third-order valence-corrected chi connectivity index (χ3v) is 14.8. The first-order chi connectivity index (χ1) is 34.4. The molecule has 4 heterocycles. The van der Waals surface area contributed by atoms with Crippen molar-refractivity contribution in [1.29, 1.82) is 0 Å². The highest BCUT2D eigenvalue weighted by Gasteiger charge is 2.55. The predicted molar refractivity (Wildman–Crippen MR) is 276 cm³/mol. The number of phenolic OH excluding ortho intramolecular Hbond substituents is 2. The molecular formula is C59H68N4O8. The number of ether oxygens (including phenoxy) is 4. The lowest BCUT2D eigenvalue weighted by Gasteiger charge is -2.49. The smallest absolute Gasteiger partial charge is 0.161 e. The summed E-state index contributed by atoms with van der Waals surface area (Å²) in [5.74, 6) is 9.45. The van der Waals surface area contributed by atoms with Crippen molar-refractivity contribution >= 4 is 10.9 Å². The summed E-state index contributed by atoms with van der Waals surface area (Å²) in [6.45, 7) is 7.09. The Balaban J connectivity index is 1.16. The van der Waals surface area contributed by atoms with Gasteiger partial charge in [0.25, 0.3) is 0 Å². The van der Waals surface area contributed by atoms with E-state index in [0.29, 0.717) is 82.0 Å². The molecule has 12 nitrogen and oxygen atoms in total. The first kappa shape index (κ1) is 48.6. The highest BCUT2D eigenvalue weighted by molar-refractivity contribution is 5.85. The molecule has 4 aliphatic rings. The van der Waals surface area contributed by atoms with Crippen LogP contribution in [0.25, 0.3) is 22.0 Å². The molecule has 10 rings (SSSR count). The van der Waals surface area contributed by atoms with Crippen molar-refractivity contribution < 1.29 is 39.4 Å². The fourth-order valence-corrected chi connectivity index (χ4v) is 11.7. The summed E-state index contributed by atoms with van der Waals surface area (Å²) in [4.78, 5) is 3.33. The molecule has 0 unspecified atom stereocenters. The maximum atomic E-state index is 11.9. The minimum Gasteiger partial charge on any atom is -0.508 e. The van der Waals surface area contributed by atoms with Gasteiger partial charge in [-0.05, 0) is 158 Å². The molecule has 0 amide bonds. The molecule has 372 valence electrons. The Morgan fingerprint density at radius 1 is 0.944 bits per heavy atom. The molecule has 0 saturated heterocycles. The zero-order valence-corrected chi connectivity index (χ0v) is 41.4. The fourth-order valence-electron chi connectivity index (χ4n) is 11.7. The number of aromatic amines is 1. The van der Waals surface area contributed by atoms with E-state index in [4.69, 9.17) is 18.9 Å². The third-order valence-electron chi connectivity index (χ3n) is 14.8. The van der Waals surface area contributed by atoms with Crippen LogP contribution in [0.1, 0.15) is 96.6 Å². The SMILES string of the molecule is CNCO[C@]12Cc3c4c(c5c(c3O[C@@H]1c1cc(CCc3ccccc3)c(O)c(c1)OCCC#C[C@@H]2NCNC[C@@](C)(O)CC(C)C)CC[C@H](CO)O5)-c1ccc(O)cc1[C@@H](Cc1ccc2[nH]ccc2c1)C4. The molecule has 8 N–H and O–H groups in total. The summed E-state index contributed by atoms with van der Waals surface area (Å²) in [6, 6.07) is 27.9. The van der Waals surface area contributed by atoms with Gasteiger partial charge in [0, 0.05) is 54.5 Å². The van der Waals surface area contributed by atoms with Crippen LogP contribution in [0.5, 0.6) is 28.7 Å². The summed E-state index contributed by atoms with van der Waals surface area (Å²) >= 11 is 0. The lowest BCUT2D eigenvalue weighted by molar-refractivity contribution is -0.141. The van der Waals surface area contributed by atoms with Crippen molar-refractivity contribution in [2.24, 2.45) is 5.92 Å².